The summed E-state index contributed by atoms with van der Waals surface area (Å²) in [6.07, 6.45) is 0. The Morgan fingerprint density at radius 1 is 0.947 bits per heavy atom. The van der Waals surface area contributed by atoms with Gasteiger partial charge in [0, 0.05) is 13.1 Å². The summed E-state index contributed by atoms with van der Waals surface area (Å²) < 4.78 is 0. The summed E-state index contributed by atoms with van der Waals surface area (Å²) in [5.41, 5.74) is 4.41. The molecule has 2 N–H and O–H groups in total. The molecule has 19 heavy (non-hydrogen) atoms. The molecule has 0 spiro atoms. The first-order valence-electron chi connectivity index (χ1n) is 6.42. The zero-order valence-corrected chi connectivity index (χ0v) is 11.0. The number of aliphatic hydroxyl groups is 1. The molecule has 2 heteroatoms. The van der Waals surface area contributed by atoms with Crippen LogP contribution in [0.2, 0.25) is 0 Å². The molecule has 0 atom stereocenters. The van der Waals surface area contributed by atoms with Gasteiger partial charge in [-0.25, -0.2) is 0 Å². The fourth-order valence-corrected chi connectivity index (χ4v) is 1.90. The van der Waals surface area contributed by atoms with Gasteiger partial charge in [-0.3, -0.25) is 0 Å². The van der Waals surface area contributed by atoms with Crippen LogP contribution in [0.15, 0.2) is 61.2 Å². The van der Waals surface area contributed by atoms with Crippen molar-refractivity contribution in [1.82, 2.24) is 5.32 Å². The molecule has 0 unspecified atom stereocenters. The van der Waals surface area contributed by atoms with Gasteiger partial charge in [0.25, 0.3) is 0 Å². The Morgan fingerprint density at radius 2 is 1.58 bits per heavy atom. The Morgan fingerprint density at radius 3 is 2.21 bits per heavy atom. The number of nitrogens with one attached hydrogen (secondary N) is 1. The quantitative estimate of drug-likeness (QED) is 0.829. The van der Waals surface area contributed by atoms with Crippen LogP contribution < -0.4 is 5.32 Å². The third-order valence-electron chi connectivity index (χ3n) is 3.06. The number of aliphatic hydroxyl groups excluding tert-OH is 1. The van der Waals surface area contributed by atoms with Gasteiger partial charge in [-0.15, -0.1) is 0 Å². The van der Waals surface area contributed by atoms with E-state index in [1.54, 1.807) is 0 Å². The summed E-state index contributed by atoms with van der Waals surface area (Å²) in [5, 5.41) is 12.4. The van der Waals surface area contributed by atoms with E-state index in [1.165, 1.54) is 11.1 Å². The van der Waals surface area contributed by atoms with Crippen molar-refractivity contribution in [3.05, 3.63) is 77.9 Å². The number of rotatable bonds is 6. The zero-order chi connectivity index (χ0) is 13.5. The van der Waals surface area contributed by atoms with E-state index in [0.717, 1.165) is 24.2 Å². The fourth-order valence-electron chi connectivity index (χ4n) is 1.90. The lowest BCUT2D eigenvalue weighted by Gasteiger charge is -2.08. The van der Waals surface area contributed by atoms with Crippen molar-refractivity contribution in [2.75, 3.05) is 6.54 Å². The van der Waals surface area contributed by atoms with Gasteiger partial charge in [-0.1, -0.05) is 61.2 Å². The van der Waals surface area contributed by atoms with Crippen LogP contribution in [0.25, 0.3) is 5.57 Å². The molecule has 0 aromatic heterocycles. The highest BCUT2D eigenvalue weighted by atomic mass is 16.3. The van der Waals surface area contributed by atoms with E-state index >= 15 is 0 Å². The van der Waals surface area contributed by atoms with Crippen molar-refractivity contribution in [1.29, 1.82) is 0 Å². The SMILES string of the molecule is C=C(CNCc1ccc(CO)cc1)c1ccccc1. The molecule has 0 heterocycles. The van der Waals surface area contributed by atoms with Crippen LogP contribution in [0.3, 0.4) is 0 Å². The highest BCUT2D eigenvalue weighted by molar-refractivity contribution is 5.64. The van der Waals surface area contributed by atoms with E-state index in [1.807, 2.05) is 42.5 Å². The Hall–Kier alpha value is -1.90. The number of hydrogen-bond donors (Lipinski definition) is 2. The Bertz CT molecular complexity index is 517. The Kier molecular flexibility index (Phi) is 4.90. The standard InChI is InChI=1S/C17H19NO/c1-14(17-5-3-2-4-6-17)11-18-12-15-7-9-16(13-19)10-8-15/h2-10,18-19H,1,11-13H2. The molecule has 0 amide bonds. The molecule has 0 bridgehead atoms. The van der Waals surface area contributed by atoms with Gasteiger partial charge in [0.2, 0.25) is 0 Å². The van der Waals surface area contributed by atoms with E-state index in [-0.39, 0.29) is 6.61 Å². The van der Waals surface area contributed by atoms with Gasteiger partial charge in [0.1, 0.15) is 0 Å². The molecule has 98 valence electrons. The normalized spacial score (nSPS) is 10.4. The van der Waals surface area contributed by atoms with Crippen molar-refractivity contribution in [2.24, 2.45) is 0 Å². The molecule has 0 fully saturated rings. The molecular formula is C17H19NO. The summed E-state index contributed by atoms with van der Waals surface area (Å²) in [6.45, 7) is 5.76. The van der Waals surface area contributed by atoms with Gasteiger partial charge >= 0.3 is 0 Å². The van der Waals surface area contributed by atoms with Crippen LogP contribution in [0.4, 0.5) is 0 Å². The minimum absolute atomic E-state index is 0.0958. The van der Waals surface area contributed by atoms with Gasteiger partial charge in [0.15, 0.2) is 0 Å². The molecule has 0 saturated carbocycles. The summed E-state index contributed by atoms with van der Waals surface area (Å²) in [4.78, 5) is 0. The first kappa shape index (κ1) is 13.5. The lowest BCUT2D eigenvalue weighted by atomic mass is 10.1. The minimum Gasteiger partial charge on any atom is -0.392 e. The predicted molar refractivity (Wildman–Crippen MR) is 79.5 cm³/mol. The molecule has 2 aromatic carbocycles. The summed E-state index contributed by atoms with van der Waals surface area (Å²) in [5.74, 6) is 0. The zero-order valence-electron chi connectivity index (χ0n) is 11.0. The van der Waals surface area contributed by atoms with Crippen molar-refractivity contribution in [2.45, 2.75) is 13.2 Å². The lowest BCUT2D eigenvalue weighted by Crippen LogP contribution is -2.15. The van der Waals surface area contributed by atoms with Gasteiger partial charge in [0.05, 0.1) is 6.61 Å². The van der Waals surface area contributed by atoms with Crippen LogP contribution in [-0.2, 0) is 13.2 Å². The summed E-state index contributed by atoms with van der Waals surface area (Å²) in [7, 11) is 0. The van der Waals surface area contributed by atoms with Gasteiger partial charge in [-0.05, 0) is 22.3 Å². The average molecular weight is 253 g/mol. The Labute approximate surface area is 114 Å². The van der Waals surface area contributed by atoms with Crippen LogP contribution in [-0.4, -0.2) is 11.7 Å². The molecule has 2 aromatic rings. The molecule has 0 aliphatic carbocycles. The fraction of sp³-hybridized carbons (Fsp3) is 0.176. The Balaban J connectivity index is 1.81. The van der Waals surface area contributed by atoms with E-state index < -0.39 is 0 Å². The van der Waals surface area contributed by atoms with Gasteiger partial charge < -0.3 is 10.4 Å². The molecule has 2 rings (SSSR count). The first-order chi connectivity index (χ1) is 9.29. The lowest BCUT2D eigenvalue weighted by molar-refractivity contribution is 0.282. The van der Waals surface area contributed by atoms with Crippen LogP contribution in [0.5, 0.6) is 0 Å². The van der Waals surface area contributed by atoms with E-state index in [2.05, 4.69) is 24.0 Å². The predicted octanol–water partition coefficient (Wildman–Crippen LogP) is 2.98. The number of hydrogen-bond acceptors (Lipinski definition) is 2. The molecule has 0 aliphatic heterocycles. The largest absolute Gasteiger partial charge is 0.392 e. The van der Waals surface area contributed by atoms with E-state index in [0.29, 0.717) is 0 Å². The minimum atomic E-state index is 0.0958. The van der Waals surface area contributed by atoms with Crippen LogP contribution in [0, 0.1) is 0 Å². The van der Waals surface area contributed by atoms with E-state index in [4.69, 9.17) is 5.11 Å². The third-order valence-corrected chi connectivity index (χ3v) is 3.06. The second-order valence-electron chi connectivity index (χ2n) is 4.55. The van der Waals surface area contributed by atoms with Crippen molar-refractivity contribution < 1.29 is 5.11 Å². The highest BCUT2D eigenvalue weighted by Crippen LogP contribution is 2.10. The van der Waals surface area contributed by atoms with Crippen molar-refractivity contribution in [3.8, 4) is 0 Å². The monoisotopic (exact) mass is 253 g/mol. The maximum atomic E-state index is 8.98. The summed E-state index contributed by atoms with van der Waals surface area (Å²) >= 11 is 0. The second-order valence-corrected chi connectivity index (χ2v) is 4.55. The van der Waals surface area contributed by atoms with Gasteiger partial charge in [-0.2, -0.15) is 0 Å². The van der Waals surface area contributed by atoms with Crippen LogP contribution >= 0.6 is 0 Å². The molecular weight excluding hydrogens is 234 g/mol. The van der Waals surface area contributed by atoms with Crippen LogP contribution in [0.1, 0.15) is 16.7 Å². The maximum absolute atomic E-state index is 8.98. The molecule has 0 saturated heterocycles. The summed E-state index contributed by atoms with van der Waals surface area (Å²) in [6, 6.07) is 18.1. The molecule has 2 nitrogen and oxygen atoms in total. The maximum Gasteiger partial charge on any atom is 0.0681 e. The molecule has 0 aliphatic rings. The molecule has 0 radical (unpaired) electrons. The topological polar surface area (TPSA) is 32.3 Å². The first-order valence-corrected chi connectivity index (χ1v) is 6.42. The van der Waals surface area contributed by atoms with E-state index in [9.17, 15) is 0 Å². The smallest absolute Gasteiger partial charge is 0.0681 e. The highest BCUT2D eigenvalue weighted by Gasteiger charge is 1.98. The number of benzene rings is 2. The van der Waals surface area contributed by atoms with Crippen molar-refractivity contribution in [3.63, 3.8) is 0 Å². The third kappa shape index (κ3) is 4.05. The second kappa shape index (κ2) is 6.88. The average Bonchev–Trinajstić information content (AvgIpc) is 2.49. The van der Waals surface area contributed by atoms with Crippen molar-refractivity contribution >= 4 is 5.57 Å².